The van der Waals surface area contributed by atoms with Gasteiger partial charge < -0.3 is 18.9 Å². The molecule has 0 heterocycles. The third-order valence-corrected chi connectivity index (χ3v) is 4.84. The predicted molar refractivity (Wildman–Crippen MR) is 104 cm³/mol. The molecule has 0 aliphatic rings. The molecule has 0 atom stereocenters. The summed E-state index contributed by atoms with van der Waals surface area (Å²) in [5.74, 6) is 0. The van der Waals surface area contributed by atoms with E-state index in [2.05, 4.69) is 13.8 Å². The molecular formula is C18H39O8P. The Morgan fingerprint density at radius 3 is 1.26 bits per heavy atom. The van der Waals surface area contributed by atoms with Gasteiger partial charge >= 0.3 is 7.82 Å². The number of ether oxygens (including phenoxy) is 4. The van der Waals surface area contributed by atoms with Gasteiger partial charge in [-0.2, -0.15) is 0 Å². The highest BCUT2D eigenvalue weighted by Crippen LogP contribution is 2.49. The predicted octanol–water partition coefficient (Wildman–Crippen LogP) is 3.83. The standard InChI is InChI=1S/C18H39O8P/c1-4-7-9-20-11-13-22-15-17-25-27(19,24-6-3)26-18-16-23-14-12-21-10-8-5-2/h4-18H2,1-3H3. The molecule has 0 amide bonds. The summed E-state index contributed by atoms with van der Waals surface area (Å²) in [6, 6.07) is 0. The van der Waals surface area contributed by atoms with Gasteiger partial charge in [-0.3, -0.25) is 13.6 Å². The zero-order valence-electron chi connectivity index (χ0n) is 17.3. The molecule has 0 saturated heterocycles. The molecule has 27 heavy (non-hydrogen) atoms. The van der Waals surface area contributed by atoms with E-state index < -0.39 is 7.82 Å². The summed E-state index contributed by atoms with van der Waals surface area (Å²) in [5, 5.41) is 0. The van der Waals surface area contributed by atoms with Crippen LogP contribution in [0.15, 0.2) is 0 Å². The third kappa shape index (κ3) is 19.1. The number of rotatable bonds is 22. The lowest BCUT2D eigenvalue weighted by Gasteiger charge is -2.17. The van der Waals surface area contributed by atoms with Crippen LogP contribution in [0, 0.1) is 0 Å². The fraction of sp³-hybridized carbons (Fsp3) is 1.00. The van der Waals surface area contributed by atoms with Crippen molar-refractivity contribution in [3.05, 3.63) is 0 Å². The van der Waals surface area contributed by atoms with Gasteiger partial charge in [-0.1, -0.05) is 26.7 Å². The number of unbranched alkanes of at least 4 members (excludes halogenated alkanes) is 2. The first kappa shape index (κ1) is 27.0. The molecular weight excluding hydrogens is 375 g/mol. The zero-order valence-corrected chi connectivity index (χ0v) is 18.2. The second-order valence-corrected chi connectivity index (χ2v) is 7.36. The van der Waals surface area contributed by atoms with Crippen molar-refractivity contribution in [1.29, 1.82) is 0 Å². The molecule has 0 spiro atoms. The van der Waals surface area contributed by atoms with Crippen molar-refractivity contribution in [2.24, 2.45) is 0 Å². The summed E-state index contributed by atoms with van der Waals surface area (Å²) in [6.07, 6.45) is 4.32. The van der Waals surface area contributed by atoms with Gasteiger partial charge in [0.1, 0.15) is 0 Å². The first-order chi connectivity index (χ1) is 13.2. The van der Waals surface area contributed by atoms with Gasteiger partial charge in [0.05, 0.1) is 59.5 Å². The minimum atomic E-state index is -3.58. The van der Waals surface area contributed by atoms with Crippen LogP contribution < -0.4 is 0 Å². The van der Waals surface area contributed by atoms with Crippen LogP contribution in [0.5, 0.6) is 0 Å². The largest absolute Gasteiger partial charge is 0.474 e. The van der Waals surface area contributed by atoms with Gasteiger partial charge in [-0.25, -0.2) is 4.57 Å². The van der Waals surface area contributed by atoms with E-state index in [4.69, 9.17) is 32.5 Å². The maximum absolute atomic E-state index is 12.4. The molecule has 0 fully saturated rings. The summed E-state index contributed by atoms with van der Waals surface area (Å²) in [6.45, 7) is 10.6. The molecule has 0 unspecified atom stereocenters. The monoisotopic (exact) mass is 414 g/mol. The second-order valence-electron chi connectivity index (χ2n) is 5.69. The summed E-state index contributed by atoms with van der Waals surface area (Å²) in [5.41, 5.74) is 0. The smallest absolute Gasteiger partial charge is 0.379 e. The van der Waals surface area contributed by atoms with Crippen molar-refractivity contribution in [1.82, 2.24) is 0 Å². The lowest BCUT2D eigenvalue weighted by atomic mass is 10.4. The molecule has 0 N–H and O–H groups in total. The fourth-order valence-corrected chi connectivity index (χ4v) is 2.96. The van der Waals surface area contributed by atoms with E-state index in [9.17, 15) is 4.57 Å². The Morgan fingerprint density at radius 2 is 0.889 bits per heavy atom. The Kier molecular flexibility index (Phi) is 20.6. The molecule has 9 heteroatoms. The Hall–Kier alpha value is -0.0500. The highest BCUT2D eigenvalue weighted by atomic mass is 31.2. The van der Waals surface area contributed by atoms with E-state index in [-0.39, 0.29) is 19.8 Å². The molecule has 0 aliphatic carbocycles. The van der Waals surface area contributed by atoms with E-state index in [1.807, 2.05) is 0 Å². The Balaban J connectivity index is 3.65. The molecule has 0 aromatic carbocycles. The van der Waals surface area contributed by atoms with Crippen molar-refractivity contribution < 1.29 is 37.1 Å². The SMILES string of the molecule is CCCCOCCOCCOP(=O)(OCC)OCCOCCOCCCC. The van der Waals surface area contributed by atoms with Crippen LogP contribution in [-0.4, -0.2) is 72.7 Å². The average molecular weight is 414 g/mol. The third-order valence-electron chi connectivity index (χ3n) is 3.27. The Bertz CT molecular complexity index is 317. The average Bonchev–Trinajstić information content (AvgIpc) is 2.66. The molecule has 0 aliphatic heterocycles. The first-order valence-corrected chi connectivity index (χ1v) is 11.5. The van der Waals surface area contributed by atoms with Crippen LogP contribution in [0.4, 0.5) is 0 Å². The first-order valence-electron chi connectivity index (χ1n) is 10.0. The molecule has 8 nitrogen and oxygen atoms in total. The molecule has 0 radical (unpaired) electrons. The van der Waals surface area contributed by atoms with Crippen LogP contribution in [0.1, 0.15) is 46.5 Å². The minimum absolute atomic E-state index is 0.123. The van der Waals surface area contributed by atoms with Gasteiger partial charge in [0, 0.05) is 13.2 Å². The fourth-order valence-electron chi connectivity index (χ4n) is 1.82. The summed E-state index contributed by atoms with van der Waals surface area (Å²) >= 11 is 0. The van der Waals surface area contributed by atoms with E-state index in [1.54, 1.807) is 6.92 Å². The number of phosphoric acid groups is 1. The summed E-state index contributed by atoms with van der Waals surface area (Å²) < 4.78 is 49.5. The molecule has 0 saturated carbocycles. The molecule has 0 rings (SSSR count). The second kappa shape index (κ2) is 20.7. The summed E-state index contributed by atoms with van der Waals surface area (Å²) in [4.78, 5) is 0. The lowest BCUT2D eigenvalue weighted by Crippen LogP contribution is -2.12. The minimum Gasteiger partial charge on any atom is -0.379 e. The van der Waals surface area contributed by atoms with Gasteiger partial charge in [-0.05, 0) is 19.8 Å². The maximum atomic E-state index is 12.4. The van der Waals surface area contributed by atoms with E-state index in [0.29, 0.717) is 39.6 Å². The van der Waals surface area contributed by atoms with Gasteiger partial charge in [0.2, 0.25) is 0 Å². The number of phosphoric ester groups is 1. The van der Waals surface area contributed by atoms with E-state index in [1.165, 1.54) is 0 Å². The highest BCUT2D eigenvalue weighted by Gasteiger charge is 2.25. The van der Waals surface area contributed by atoms with Gasteiger partial charge in [0.15, 0.2) is 0 Å². The zero-order chi connectivity index (χ0) is 20.1. The highest BCUT2D eigenvalue weighted by molar-refractivity contribution is 7.48. The Labute approximate surface area is 164 Å². The molecule has 0 aromatic rings. The molecule has 0 bridgehead atoms. The van der Waals surface area contributed by atoms with E-state index >= 15 is 0 Å². The van der Waals surface area contributed by atoms with E-state index in [0.717, 1.165) is 38.9 Å². The van der Waals surface area contributed by atoms with Crippen molar-refractivity contribution in [3.8, 4) is 0 Å². The number of hydrogen-bond donors (Lipinski definition) is 0. The maximum Gasteiger partial charge on any atom is 0.474 e. The lowest BCUT2D eigenvalue weighted by molar-refractivity contribution is 0.0157. The van der Waals surface area contributed by atoms with Crippen LogP contribution >= 0.6 is 7.82 Å². The van der Waals surface area contributed by atoms with Crippen molar-refractivity contribution in [3.63, 3.8) is 0 Å². The Morgan fingerprint density at radius 1 is 0.519 bits per heavy atom. The van der Waals surface area contributed by atoms with Crippen molar-refractivity contribution >= 4 is 7.82 Å². The van der Waals surface area contributed by atoms with Crippen LogP contribution in [0.25, 0.3) is 0 Å². The summed E-state index contributed by atoms with van der Waals surface area (Å²) in [7, 11) is -3.58. The topological polar surface area (TPSA) is 81.7 Å². The van der Waals surface area contributed by atoms with Crippen LogP contribution in [0.2, 0.25) is 0 Å². The van der Waals surface area contributed by atoms with Gasteiger partial charge in [-0.15, -0.1) is 0 Å². The van der Waals surface area contributed by atoms with Gasteiger partial charge in [0.25, 0.3) is 0 Å². The normalized spacial score (nSPS) is 12.0. The van der Waals surface area contributed by atoms with Crippen molar-refractivity contribution in [2.45, 2.75) is 46.5 Å². The van der Waals surface area contributed by atoms with Crippen LogP contribution in [-0.2, 0) is 37.1 Å². The molecule has 0 aromatic heterocycles. The van der Waals surface area contributed by atoms with Crippen molar-refractivity contribution in [2.75, 3.05) is 72.7 Å². The quantitative estimate of drug-likeness (QED) is 0.195. The van der Waals surface area contributed by atoms with Crippen LogP contribution in [0.3, 0.4) is 0 Å². The number of hydrogen-bond acceptors (Lipinski definition) is 8. The molecule has 164 valence electrons.